The van der Waals surface area contributed by atoms with Gasteiger partial charge in [0.05, 0.1) is 11.6 Å². The van der Waals surface area contributed by atoms with E-state index in [1.807, 2.05) is 54.5 Å². The second-order valence-electron chi connectivity index (χ2n) is 10.0. The molecule has 11 heteroatoms. The van der Waals surface area contributed by atoms with Gasteiger partial charge in [-0.25, -0.2) is 14.6 Å². The Morgan fingerprint density at radius 2 is 2.03 bits per heavy atom. The van der Waals surface area contributed by atoms with Crippen molar-refractivity contribution in [1.29, 1.82) is 0 Å². The monoisotopic (exact) mass is 540 g/mol. The molecule has 2 unspecified atom stereocenters. The highest BCUT2D eigenvalue weighted by Gasteiger charge is 2.34. The first-order chi connectivity index (χ1) is 18.9. The maximum atomic E-state index is 13.9. The number of rotatable bonds is 7. The van der Waals surface area contributed by atoms with Crippen LogP contribution in [0.5, 0.6) is 0 Å². The number of thiazole rings is 1. The van der Waals surface area contributed by atoms with Crippen LogP contribution in [0.2, 0.25) is 0 Å². The van der Waals surface area contributed by atoms with E-state index in [9.17, 15) is 4.79 Å². The summed E-state index contributed by atoms with van der Waals surface area (Å²) in [4.78, 5) is 25.1. The summed E-state index contributed by atoms with van der Waals surface area (Å²) >= 11 is 1.59. The summed E-state index contributed by atoms with van der Waals surface area (Å²) in [5, 5.41) is 15.8. The molecular weight excluding hydrogens is 512 g/mol. The maximum absolute atomic E-state index is 13.9. The topological polar surface area (TPSA) is 129 Å². The first kappa shape index (κ1) is 25.1. The lowest BCUT2D eigenvalue weighted by Gasteiger charge is -2.23. The molecule has 39 heavy (non-hydrogen) atoms. The van der Waals surface area contributed by atoms with E-state index in [0.29, 0.717) is 35.9 Å². The second-order valence-corrected chi connectivity index (χ2v) is 10.9. The number of hydrogen-bond acceptors (Lipinski definition) is 9. The molecular formula is C28H28N8O2S. The van der Waals surface area contributed by atoms with Crippen LogP contribution in [-0.4, -0.2) is 47.3 Å². The van der Waals surface area contributed by atoms with E-state index in [1.54, 1.807) is 46.6 Å². The van der Waals surface area contributed by atoms with Crippen molar-refractivity contribution in [3.63, 3.8) is 0 Å². The van der Waals surface area contributed by atoms with Crippen molar-refractivity contribution in [3.05, 3.63) is 94.0 Å². The normalized spacial score (nSPS) is 16.9. The van der Waals surface area contributed by atoms with Crippen molar-refractivity contribution in [1.82, 2.24) is 34.8 Å². The van der Waals surface area contributed by atoms with Crippen molar-refractivity contribution in [2.24, 2.45) is 5.73 Å². The minimum absolute atomic E-state index is 0.0492. The van der Waals surface area contributed by atoms with E-state index >= 15 is 0 Å². The number of amides is 1. The molecule has 1 aromatic carbocycles. The molecule has 1 fully saturated rings. The molecule has 0 radical (unpaired) electrons. The van der Waals surface area contributed by atoms with Crippen molar-refractivity contribution in [2.45, 2.75) is 44.7 Å². The van der Waals surface area contributed by atoms with Gasteiger partial charge in [-0.05, 0) is 56.9 Å². The van der Waals surface area contributed by atoms with Gasteiger partial charge in [-0.2, -0.15) is 5.10 Å². The first-order valence-electron chi connectivity index (χ1n) is 12.8. The SMILES string of the molecule is Cc1csc(C2CCCN2C(=O)c2cc(-c3nnc(C(C)(N)Cc4ccccc4)o3)nc(-n3cccn3)c2)n1. The highest BCUT2D eigenvalue weighted by molar-refractivity contribution is 7.09. The highest BCUT2D eigenvalue weighted by Crippen LogP contribution is 2.35. The van der Waals surface area contributed by atoms with E-state index in [-0.39, 0.29) is 17.8 Å². The van der Waals surface area contributed by atoms with Crippen LogP contribution in [0.15, 0.2) is 70.7 Å². The third-order valence-corrected chi connectivity index (χ3v) is 7.84. The Morgan fingerprint density at radius 3 is 2.77 bits per heavy atom. The van der Waals surface area contributed by atoms with Gasteiger partial charge in [-0.3, -0.25) is 4.79 Å². The van der Waals surface area contributed by atoms with Crippen LogP contribution in [-0.2, 0) is 12.0 Å². The average Bonchev–Trinajstić information content (AvgIpc) is 3.74. The molecule has 1 aliphatic heterocycles. The largest absolute Gasteiger partial charge is 0.417 e. The lowest BCUT2D eigenvalue weighted by molar-refractivity contribution is 0.0735. The number of nitrogens with two attached hydrogens (primary N) is 1. The highest BCUT2D eigenvalue weighted by atomic mass is 32.1. The fraction of sp³-hybridized carbons (Fsp3) is 0.286. The summed E-state index contributed by atoms with van der Waals surface area (Å²) in [7, 11) is 0. The van der Waals surface area contributed by atoms with Crippen LogP contribution in [0.4, 0.5) is 0 Å². The number of carbonyl (C=O) groups is 1. The molecule has 5 aromatic rings. The average molecular weight is 541 g/mol. The quantitative estimate of drug-likeness (QED) is 0.320. The van der Waals surface area contributed by atoms with Crippen LogP contribution in [0.3, 0.4) is 0 Å². The number of carbonyl (C=O) groups excluding carboxylic acids is 1. The number of benzene rings is 1. The van der Waals surface area contributed by atoms with Crippen LogP contribution >= 0.6 is 11.3 Å². The third kappa shape index (κ3) is 5.10. The van der Waals surface area contributed by atoms with Crippen molar-refractivity contribution < 1.29 is 9.21 Å². The second kappa shape index (κ2) is 10.2. The van der Waals surface area contributed by atoms with Gasteiger partial charge in [0.25, 0.3) is 11.8 Å². The third-order valence-electron chi connectivity index (χ3n) is 6.78. The summed E-state index contributed by atoms with van der Waals surface area (Å²) in [5.41, 5.74) is 8.58. The molecule has 0 aliphatic carbocycles. The molecule has 5 heterocycles. The minimum Gasteiger partial charge on any atom is -0.417 e. The van der Waals surface area contributed by atoms with Gasteiger partial charge in [0.1, 0.15) is 10.7 Å². The van der Waals surface area contributed by atoms with Crippen molar-refractivity contribution in [2.75, 3.05) is 6.54 Å². The van der Waals surface area contributed by atoms with Gasteiger partial charge < -0.3 is 15.1 Å². The van der Waals surface area contributed by atoms with Gasteiger partial charge >= 0.3 is 0 Å². The Labute approximate surface area is 229 Å². The van der Waals surface area contributed by atoms with Gasteiger partial charge in [-0.1, -0.05) is 30.3 Å². The van der Waals surface area contributed by atoms with Gasteiger partial charge in [0.2, 0.25) is 5.89 Å². The number of aromatic nitrogens is 6. The Hall–Kier alpha value is -4.22. The number of likely N-dealkylation sites (tertiary alicyclic amines) is 1. The molecule has 1 amide bonds. The first-order valence-corrected chi connectivity index (χ1v) is 13.7. The lowest BCUT2D eigenvalue weighted by atomic mass is 9.94. The molecule has 198 valence electrons. The Morgan fingerprint density at radius 1 is 1.18 bits per heavy atom. The Balaban J connectivity index is 1.35. The molecule has 0 saturated carbocycles. The van der Waals surface area contributed by atoms with Crippen molar-refractivity contribution in [3.8, 4) is 17.4 Å². The molecule has 2 N–H and O–H groups in total. The number of aryl methyl sites for hydroxylation is 1. The molecule has 4 aromatic heterocycles. The smallest absolute Gasteiger partial charge is 0.266 e. The molecule has 1 saturated heterocycles. The zero-order valence-corrected chi connectivity index (χ0v) is 22.5. The van der Waals surface area contributed by atoms with Crippen LogP contribution < -0.4 is 5.73 Å². The molecule has 10 nitrogen and oxygen atoms in total. The van der Waals surface area contributed by atoms with Crippen molar-refractivity contribution >= 4 is 17.2 Å². The van der Waals surface area contributed by atoms with Crippen LogP contribution in [0, 0.1) is 6.92 Å². The maximum Gasteiger partial charge on any atom is 0.266 e. The van der Waals surface area contributed by atoms with Gasteiger partial charge in [0, 0.05) is 35.6 Å². The van der Waals surface area contributed by atoms with Gasteiger partial charge in [0.15, 0.2) is 5.82 Å². The van der Waals surface area contributed by atoms with E-state index in [4.69, 9.17) is 15.1 Å². The molecule has 0 bridgehead atoms. The minimum atomic E-state index is -0.889. The fourth-order valence-electron chi connectivity index (χ4n) is 4.88. The van der Waals surface area contributed by atoms with Crippen LogP contribution in [0.25, 0.3) is 17.4 Å². The lowest BCUT2D eigenvalue weighted by Crippen LogP contribution is -2.35. The molecule has 0 spiro atoms. The zero-order valence-electron chi connectivity index (χ0n) is 21.7. The van der Waals surface area contributed by atoms with E-state index in [1.165, 1.54) is 0 Å². The molecule has 6 rings (SSSR count). The van der Waals surface area contributed by atoms with Gasteiger partial charge in [-0.15, -0.1) is 21.5 Å². The predicted molar refractivity (Wildman–Crippen MR) is 146 cm³/mol. The van der Waals surface area contributed by atoms with E-state index < -0.39 is 5.54 Å². The summed E-state index contributed by atoms with van der Waals surface area (Å²) < 4.78 is 7.66. The fourth-order valence-corrected chi connectivity index (χ4v) is 5.82. The molecule has 2 atom stereocenters. The number of pyridine rings is 1. The Kier molecular flexibility index (Phi) is 6.53. The van der Waals surface area contributed by atoms with E-state index in [2.05, 4.69) is 20.3 Å². The van der Waals surface area contributed by atoms with Crippen LogP contribution in [0.1, 0.15) is 58.3 Å². The standard InChI is InChI=1S/C28H28N8O2S/c1-18-17-39-25(31-18)22-10-6-12-35(22)26(37)20-14-21(32-23(15-20)36-13-7-11-30-36)24-33-34-27(38-24)28(2,29)16-19-8-4-3-5-9-19/h3-5,7-9,11,13-15,17,22H,6,10,12,16,29H2,1-2H3. The van der Waals surface area contributed by atoms with E-state index in [0.717, 1.165) is 29.1 Å². The summed E-state index contributed by atoms with van der Waals surface area (Å²) in [6, 6.07) is 15.1. The summed E-state index contributed by atoms with van der Waals surface area (Å²) in [6.45, 7) is 4.48. The predicted octanol–water partition coefficient (Wildman–Crippen LogP) is 4.48. The molecule has 1 aliphatic rings. The zero-order chi connectivity index (χ0) is 27.0. The summed E-state index contributed by atoms with van der Waals surface area (Å²) in [5.74, 6) is 0.849. The Bertz CT molecular complexity index is 1590. The number of nitrogens with zero attached hydrogens (tertiary/aromatic N) is 7. The summed E-state index contributed by atoms with van der Waals surface area (Å²) in [6.07, 6.45) is 5.75. The number of hydrogen-bond donors (Lipinski definition) is 1.